The maximum atomic E-state index is 14.5. The molecule has 1 atom stereocenters. The van der Waals surface area contributed by atoms with Gasteiger partial charge in [-0.05, 0) is 40.5 Å². The molecule has 0 spiro atoms. The van der Waals surface area contributed by atoms with Crippen molar-refractivity contribution < 1.29 is 14.3 Å². The van der Waals surface area contributed by atoms with Crippen LogP contribution >= 0.6 is 39.1 Å². The molecule has 1 N–H and O–H groups in total. The first kappa shape index (κ1) is 17.4. The van der Waals surface area contributed by atoms with E-state index in [0.29, 0.717) is 30.8 Å². The van der Waals surface area contributed by atoms with Gasteiger partial charge in [-0.3, -0.25) is 0 Å². The number of hydrogen-bond donors (Lipinski definition) is 1. The summed E-state index contributed by atoms with van der Waals surface area (Å²) >= 11 is 15.1. The number of amides is 1. The maximum absolute atomic E-state index is 14.5. The second-order valence-electron chi connectivity index (χ2n) is 5.47. The molecule has 0 radical (unpaired) electrons. The van der Waals surface area contributed by atoms with E-state index in [1.807, 2.05) is 11.8 Å². The molecule has 0 unspecified atom stereocenters. The van der Waals surface area contributed by atoms with Crippen molar-refractivity contribution in [2.45, 2.75) is 13.0 Å². The summed E-state index contributed by atoms with van der Waals surface area (Å²) in [5.41, 5.74) is 0.0640. The smallest absolute Gasteiger partial charge is 0.407 e. The Bertz CT molecular complexity index is 838. The molecule has 0 aliphatic carbocycles. The second kappa shape index (κ2) is 6.50. The van der Waals surface area contributed by atoms with E-state index in [1.165, 1.54) is 4.90 Å². The molecule has 24 heavy (non-hydrogen) atoms. The zero-order valence-electron chi connectivity index (χ0n) is 12.4. The molecular formula is C14H12BrCl2FN4O2. The van der Waals surface area contributed by atoms with Gasteiger partial charge < -0.3 is 14.9 Å². The molecular weight excluding hydrogens is 426 g/mol. The molecule has 2 aromatic rings. The Kier molecular flexibility index (Phi) is 4.72. The third-order valence-corrected chi connectivity index (χ3v) is 5.42. The van der Waals surface area contributed by atoms with Crippen LogP contribution in [0.25, 0.3) is 10.9 Å². The Morgan fingerprint density at radius 1 is 1.42 bits per heavy atom. The first-order chi connectivity index (χ1) is 11.3. The number of piperazine rings is 1. The summed E-state index contributed by atoms with van der Waals surface area (Å²) in [7, 11) is 0. The number of benzene rings is 1. The predicted molar refractivity (Wildman–Crippen MR) is 93.6 cm³/mol. The first-order valence-electron chi connectivity index (χ1n) is 7.05. The van der Waals surface area contributed by atoms with Gasteiger partial charge in [-0.15, -0.1) is 0 Å². The molecule has 1 fully saturated rings. The Morgan fingerprint density at radius 3 is 2.75 bits per heavy atom. The lowest BCUT2D eigenvalue weighted by Gasteiger charge is -2.39. The highest BCUT2D eigenvalue weighted by atomic mass is 79.9. The van der Waals surface area contributed by atoms with E-state index in [0.717, 1.165) is 0 Å². The van der Waals surface area contributed by atoms with E-state index >= 15 is 0 Å². The Morgan fingerprint density at radius 2 is 2.12 bits per heavy atom. The number of hydrogen-bond acceptors (Lipinski definition) is 4. The van der Waals surface area contributed by atoms with Gasteiger partial charge in [-0.1, -0.05) is 11.6 Å². The molecule has 1 saturated heterocycles. The largest absolute Gasteiger partial charge is 0.465 e. The highest BCUT2D eigenvalue weighted by Crippen LogP contribution is 2.36. The fourth-order valence-corrected chi connectivity index (χ4v) is 3.45. The fourth-order valence-electron chi connectivity index (χ4n) is 2.80. The normalized spacial score (nSPS) is 18.3. The van der Waals surface area contributed by atoms with Crippen molar-refractivity contribution in [1.82, 2.24) is 14.9 Å². The van der Waals surface area contributed by atoms with Crippen LogP contribution in [0.4, 0.5) is 15.0 Å². The SMILES string of the molecule is C[C@@H]1CN(C(=O)O)CCN1c1nc(Cl)nc2c(F)c(Br)c(Cl)cc12. The summed E-state index contributed by atoms with van der Waals surface area (Å²) in [6.07, 6.45) is -0.968. The highest BCUT2D eigenvalue weighted by Gasteiger charge is 2.29. The van der Waals surface area contributed by atoms with Crippen molar-refractivity contribution in [3.05, 3.63) is 26.7 Å². The van der Waals surface area contributed by atoms with Crippen LogP contribution in [0.1, 0.15) is 6.92 Å². The van der Waals surface area contributed by atoms with Gasteiger partial charge in [-0.25, -0.2) is 14.2 Å². The van der Waals surface area contributed by atoms with Crippen molar-refractivity contribution in [3.8, 4) is 0 Å². The van der Waals surface area contributed by atoms with Gasteiger partial charge in [0.25, 0.3) is 0 Å². The third kappa shape index (κ3) is 2.98. The number of anilines is 1. The number of carbonyl (C=O) groups is 1. The molecule has 1 aliphatic rings. The summed E-state index contributed by atoms with van der Waals surface area (Å²) in [6, 6.07) is 1.42. The summed E-state index contributed by atoms with van der Waals surface area (Å²) in [5, 5.41) is 9.67. The van der Waals surface area contributed by atoms with E-state index in [9.17, 15) is 9.18 Å². The van der Waals surface area contributed by atoms with Gasteiger partial charge >= 0.3 is 6.09 Å². The van der Waals surface area contributed by atoms with E-state index < -0.39 is 11.9 Å². The number of halogens is 4. The lowest BCUT2D eigenvalue weighted by molar-refractivity contribution is 0.136. The van der Waals surface area contributed by atoms with E-state index in [2.05, 4.69) is 25.9 Å². The van der Waals surface area contributed by atoms with E-state index in [1.54, 1.807) is 6.07 Å². The third-order valence-electron chi connectivity index (χ3n) is 3.95. The van der Waals surface area contributed by atoms with Crippen molar-refractivity contribution >= 4 is 61.9 Å². The maximum Gasteiger partial charge on any atom is 0.407 e. The minimum absolute atomic E-state index is 0.0640. The zero-order valence-corrected chi connectivity index (χ0v) is 15.5. The molecule has 1 aromatic heterocycles. The quantitative estimate of drug-likeness (QED) is 0.538. The average molecular weight is 438 g/mol. The number of rotatable bonds is 1. The van der Waals surface area contributed by atoms with Gasteiger partial charge in [0, 0.05) is 31.1 Å². The summed E-state index contributed by atoms with van der Waals surface area (Å²) in [6.45, 7) is 2.90. The monoisotopic (exact) mass is 436 g/mol. The molecule has 3 rings (SSSR count). The molecule has 1 aromatic carbocycles. The fraction of sp³-hybridized carbons (Fsp3) is 0.357. The van der Waals surface area contributed by atoms with Crippen LogP contribution in [0.5, 0.6) is 0 Å². The van der Waals surface area contributed by atoms with Crippen LogP contribution in [0, 0.1) is 5.82 Å². The van der Waals surface area contributed by atoms with Crippen LogP contribution in [-0.4, -0.2) is 51.7 Å². The van der Waals surface area contributed by atoms with Crippen molar-refractivity contribution in [2.75, 3.05) is 24.5 Å². The van der Waals surface area contributed by atoms with Crippen LogP contribution in [0.3, 0.4) is 0 Å². The minimum Gasteiger partial charge on any atom is -0.465 e. The average Bonchev–Trinajstić information content (AvgIpc) is 2.53. The Hall–Kier alpha value is -1.38. The van der Waals surface area contributed by atoms with Crippen LogP contribution in [-0.2, 0) is 0 Å². The standard InChI is InChI=1S/C14H12BrCl2FN4O2/c1-6-5-21(14(23)24)2-3-22(6)12-7-4-8(16)9(15)10(18)11(7)19-13(17)20-12/h4,6H,2-3,5H2,1H3,(H,23,24)/t6-/m1/s1. The molecule has 0 saturated carbocycles. The van der Waals surface area contributed by atoms with Crippen molar-refractivity contribution in [2.24, 2.45) is 0 Å². The Balaban J connectivity index is 2.11. The van der Waals surface area contributed by atoms with Gasteiger partial charge in [-0.2, -0.15) is 4.98 Å². The topological polar surface area (TPSA) is 69.6 Å². The van der Waals surface area contributed by atoms with Gasteiger partial charge in [0.2, 0.25) is 5.28 Å². The number of nitrogens with zero attached hydrogens (tertiary/aromatic N) is 4. The molecule has 10 heteroatoms. The molecule has 128 valence electrons. The predicted octanol–water partition coefficient (Wildman–Crippen LogP) is 4.03. The number of aromatic nitrogens is 2. The molecule has 1 amide bonds. The Labute approximate surface area is 155 Å². The van der Waals surface area contributed by atoms with Crippen LogP contribution < -0.4 is 4.90 Å². The molecule has 2 heterocycles. The minimum atomic E-state index is -0.968. The second-order valence-corrected chi connectivity index (χ2v) is 7.01. The summed E-state index contributed by atoms with van der Waals surface area (Å²) < 4.78 is 14.6. The van der Waals surface area contributed by atoms with Crippen LogP contribution in [0.15, 0.2) is 10.5 Å². The van der Waals surface area contributed by atoms with Crippen molar-refractivity contribution in [3.63, 3.8) is 0 Å². The summed E-state index contributed by atoms with van der Waals surface area (Å²) in [4.78, 5) is 22.5. The highest BCUT2D eigenvalue weighted by molar-refractivity contribution is 9.10. The zero-order chi connectivity index (χ0) is 17.6. The van der Waals surface area contributed by atoms with E-state index in [4.69, 9.17) is 28.3 Å². The molecule has 0 bridgehead atoms. The lowest BCUT2D eigenvalue weighted by Crippen LogP contribution is -2.53. The lowest BCUT2D eigenvalue weighted by atomic mass is 10.1. The van der Waals surface area contributed by atoms with Crippen LogP contribution in [0.2, 0.25) is 10.3 Å². The molecule has 1 aliphatic heterocycles. The number of fused-ring (bicyclic) bond motifs is 1. The van der Waals surface area contributed by atoms with Gasteiger partial charge in [0.15, 0.2) is 5.82 Å². The van der Waals surface area contributed by atoms with Gasteiger partial charge in [0.1, 0.15) is 11.3 Å². The van der Waals surface area contributed by atoms with Crippen molar-refractivity contribution in [1.29, 1.82) is 0 Å². The van der Waals surface area contributed by atoms with E-state index in [-0.39, 0.29) is 26.3 Å². The summed E-state index contributed by atoms with van der Waals surface area (Å²) in [5.74, 6) is -0.171. The first-order valence-corrected chi connectivity index (χ1v) is 8.59. The molecule has 6 nitrogen and oxygen atoms in total. The number of carboxylic acid groups (broad SMARTS) is 1. The van der Waals surface area contributed by atoms with Gasteiger partial charge in [0.05, 0.1) is 9.50 Å².